The number of fused-ring (bicyclic) bond motifs is 1. The highest BCUT2D eigenvalue weighted by atomic mass is 16.5. The molecule has 4 rings (SSSR count). The highest BCUT2D eigenvalue weighted by molar-refractivity contribution is 5.82. The number of aryl methyl sites for hydroxylation is 3. The van der Waals surface area contributed by atoms with E-state index in [9.17, 15) is 0 Å². The number of hydrogen-bond donors (Lipinski definition) is 1. The predicted octanol–water partition coefficient (Wildman–Crippen LogP) is 5.73. The molecule has 1 aromatic heterocycles. The average molecular weight is 342 g/mol. The lowest BCUT2D eigenvalue weighted by molar-refractivity contribution is 0.307. The van der Waals surface area contributed by atoms with Crippen LogP contribution < -0.4 is 4.74 Å². The molecule has 26 heavy (non-hydrogen) atoms. The number of benzene rings is 3. The summed E-state index contributed by atoms with van der Waals surface area (Å²) in [6, 6.07) is 20.7. The maximum Gasteiger partial charge on any atom is 0.142 e. The second-order valence-corrected chi connectivity index (χ2v) is 6.81. The second-order valence-electron chi connectivity index (χ2n) is 6.81. The third-order valence-electron chi connectivity index (χ3n) is 4.75. The van der Waals surface area contributed by atoms with Crippen LogP contribution in [-0.4, -0.2) is 9.97 Å². The number of para-hydroxylation sites is 1. The second kappa shape index (κ2) is 6.68. The fourth-order valence-corrected chi connectivity index (χ4v) is 3.03. The van der Waals surface area contributed by atoms with Crippen molar-refractivity contribution in [1.29, 1.82) is 0 Å². The number of H-pyrrole nitrogens is 1. The van der Waals surface area contributed by atoms with Gasteiger partial charge in [-0.15, -0.1) is 0 Å². The van der Waals surface area contributed by atoms with Gasteiger partial charge in [-0.25, -0.2) is 4.98 Å². The van der Waals surface area contributed by atoms with Crippen LogP contribution in [0.1, 0.15) is 22.3 Å². The molecule has 0 bridgehead atoms. The number of nitrogens with one attached hydrogen (secondary N) is 1. The van der Waals surface area contributed by atoms with Crippen LogP contribution in [0.15, 0.2) is 60.7 Å². The van der Waals surface area contributed by atoms with E-state index in [1.54, 1.807) is 0 Å². The average Bonchev–Trinajstić information content (AvgIpc) is 3.04. The fourth-order valence-electron chi connectivity index (χ4n) is 3.03. The topological polar surface area (TPSA) is 37.9 Å². The molecule has 1 heterocycles. The smallest absolute Gasteiger partial charge is 0.142 e. The highest BCUT2D eigenvalue weighted by Crippen LogP contribution is 2.30. The molecular weight excluding hydrogens is 320 g/mol. The van der Waals surface area contributed by atoms with Crippen LogP contribution in [0.4, 0.5) is 0 Å². The predicted molar refractivity (Wildman–Crippen MR) is 107 cm³/mol. The van der Waals surface area contributed by atoms with Crippen LogP contribution in [0.3, 0.4) is 0 Å². The summed E-state index contributed by atoms with van der Waals surface area (Å²) in [7, 11) is 0. The number of ether oxygens (including phenoxy) is 1. The maximum absolute atomic E-state index is 6.10. The van der Waals surface area contributed by atoms with E-state index >= 15 is 0 Å². The summed E-state index contributed by atoms with van der Waals surface area (Å²) >= 11 is 0. The van der Waals surface area contributed by atoms with Gasteiger partial charge < -0.3 is 9.72 Å². The van der Waals surface area contributed by atoms with Gasteiger partial charge in [0.1, 0.15) is 18.2 Å². The Morgan fingerprint density at radius 3 is 2.42 bits per heavy atom. The summed E-state index contributed by atoms with van der Waals surface area (Å²) in [5.41, 5.74) is 7.93. The monoisotopic (exact) mass is 342 g/mol. The summed E-state index contributed by atoms with van der Waals surface area (Å²) in [5, 5.41) is 0. The minimum atomic E-state index is 0.537. The Kier molecular flexibility index (Phi) is 4.21. The zero-order chi connectivity index (χ0) is 18.1. The van der Waals surface area contributed by atoms with Crippen LogP contribution in [0.5, 0.6) is 5.75 Å². The molecule has 0 spiro atoms. The van der Waals surface area contributed by atoms with Crippen molar-refractivity contribution < 1.29 is 4.74 Å². The quantitative estimate of drug-likeness (QED) is 0.514. The summed E-state index contributed by atoms with van der Waals surface area (Å²) < 4.78 is 6.10. The van der Waals surface area contributed by atoms with Crippen molar-refractivity contribution in [1.82, 2.24) is 9.97 Å². The summed E-state index contributed by atoms with van der Waals surface area (Å²) in [6.07, 6.45) is 0. The molecule has 0 saturated heterocycles. The maximum atomic E-state index is 6.10. The van der Waals surface area contributed by atoms with Gasteiger partial charge in [0, 0.05) is 0 Å². The molecule has 0 radical (unpaired) electrons. The molecule has 3 aromatic carbocycles. The van der Waals surface area contributed by atoms with Crippen molar-refractivity contribution in [3.05, 3.63) is 82.9 Å². The van der Waals surface area contributed by atoms with Crippen molar-refractivity contribution in [2.75, 3.05) is 0 Å². The number of rotatable bonds is 4. The van der Waals surface area contributed by atoms with Crippen LogP contribution in [0, 0.1) is 20.8 Å². The summed E-state index contributed by atoms with van der Waals surface area (Å²) in [5.74, 6) is 1.67. The summed E-state index contributed by atoms with van der Waals surface area (Å²) in [4.78, 5) is 8.21. The molecule has 3 nitrogen and oxygen atoms in total. The van der Waals surface area contributed by atoms with E-state index in [2.05, 4.69) is 62.2 Å². The van der Waals surface area contributed by atoms with E-state index in [4.69, 9.17) is 9.72 Å². The van der Waals surface area contributed by atoms with Gasteiger partial charge in [0.15, 0.2) is 0 Å². The standard InChI is InChI=1S/C23H22N2O/c1-15-8-10-18(11-9-15)14-26-22-7-5-4-6-19(22)23-24-20-12-16(2)17(3)13-21(20)25-23/h4-13H,14H2,1-3H3,(H,24,25). The van der Waals surface area contributed by atoms with E-state index < -0.39 is 0 Å². The molecule has 0 unspecified atom stereocenters. The van der Waals surface area contributed by atoms with Gasteiger partial charge >= 0.3 is 0 Å². The molecular formula is C23H22N2O. The van der Waals surface area contributed by atoms with Crippen molar-refractivity contribution in [3.8, 4) is 17.1 Å². The molecule has 0 aliphatic carbocycles. The number of aromatic nitrogens is 2. The largest absolute Gasteiger partial charge is 0.488 e. The van der Waals surface area contributed by atoms with Gasteiger partial charge in [-0.2, -0.15) is 0 Å². The van der Waals surface area contributed by atoms with Gasteiger partial charge in [0.05, 0.1) is 16.6 Å². The summed E-state index contributed by atoms with van der Waals surface area (Å²) in [6.45, 7) is 6.86. The van der Waals surface area contributed by atoms with Crippen LogP contribution >= 0.6 is 0 Å². The molecule has 0 atom stereocenters. The first-order valence-corrected chi connectivity index (χ1v) is 8.85. The molecule has 4 aromatic rings. The molecule has 0 amide bonds. The lowest BCUT2D eigenvalue weighted by Crippen LogP contribution is -1.97. The lowest BCUT2D eigenvalue weighted by Gasteiger charge is -2.10. The Morgan fingerprint density at radius 1 is 0.885 bits per heavy atom. The first-order chi connectivity index (χ1) is 12.6. The van der Waals surface area contributed by atoms with Gasteiger partial charge in [-0.05, 0) is 61.7 Å². The van der Waals surface area contributed by atoms with E-state index in [1.807, 2.05) is 24.3 Å². The Hall–Kier alpha value is -3.07. The number of hydrogen-bond acceptors (Lipinski definition) is 2. The van der Waals surface area contributed by atoms with Crippen LogP contribution in [0.2, 0.25) is 0 Å². The van der Waals surface area contributed by atoms with E-state index in [-0.39, 0.29) is 0 Å². The van der Waals surface area contributed by atoms with E-state index in [0.29, 0.717) is 6.61 Å². The third-order valence-corrected chi connectivity index (χ3v) is 4.75. The van der Waals surface area contributed by atoms with Gasteiger partial charge in [0.2, 0.25) is 0 Å². The lowest BCUT2D eigenvalue weighted by atomic mass is 10.1. The number of imidazole rings is 1. The fraction of sp³-hybridized carbons (Fsp3) is 0.174. The third kappa shape index (κ3) is 3.21. The Bertz CT molecular complexity index is 1020. The molecule has 1 N–H and O–H groups in total. The first-order valence-electron chi connectivity index (χ1n) is 8.85. The molecule has 0 aliphatic heterocycles. The first kappa shape index (κ1) is 16.4. The minimum absolute atomic E-state index is 0.537. The van der Waals surface area contributed by atoms with Crippen molar-refractivity contribution in [2.45, 2.75) is 27.4 Å². The number of nitrogens with zero attached hydrogens (tertiary/aromatic N) is 1. The van der Waals surface area contributed by atoms with E-state index in [1.165, 1.54) is 16.7 Å². The number of aromatic amines is 1. The SMILES string of the molecule is Cc1ccc(COc2ccccc2-c2nc3cc(C)c(C)cc3[nH]2)cc1. The minimum Gasteiger partial charge on any atom is -0.488 e. The molecule has 130 valence electrons. The van der Waals surface area contributed by atoms with Crippen LogP contribution in [0.25, 0.3) is 22.4 Å². The Balaban J connectivity index is 1.66. The zero-order valence-electron chi connectivity index (χ0n) is 15.3. The van der Waals surface area contributed by atoms with Crippen LogP contribution in [-0.2, 0) is 6.61 Å². The molecule has 3 heteroatoms. The highest BCUT2D eigenvalue weighted by Gasteiger charge is 2.11. The van der Waals surface area contributed by atoms with Crippen molar-refractivity contribution >= 4 is 11.0 Å². The normalized spacial score (nSPS) is 11.0. The Morgan fingerprint density at radius 2 is 1.62 bits per heavy atom. The van der Waals surface area contributed by atoms with Crippen molar-refractivity contribution in [3.63, 3.8) is 0 Å². The molecule has 0 aliphatic rings. The molecule has 0 fully saturated rings. The molecule has 0 saturated carbocycles. The van der Waals surface area contributed by atoms with Crippen molar-refractivity contribution in [2.24, 2.45) is 0 Å². The zero-order valence-corrected chi connectivity index (χ0v) is 15.3. The van der Waals surface area contributed by atoms with Gasteiger partial charge in [0.25, 0.3) is 0 Å². The van der Waals surface area contributed by atoms with Gasteiger partial charge in [-0.1, -0.05) is 42.0 Å². The van der Waals surface area contributed by atoms with E-state index in [0.717, 1.165) is 33.7 Å². The Labute approximate surface area is 153 Å². The van der Waals surface area contributed by atoms with Gasteiger partial charge in [-0.3, -0.25) is 0 Å².